The predicted octanol–water partition coefficient (Wildman–Crippen LogP) is 2.98. The van der Waals surface area contributed by atoms with Crippen molar-refractivity contribution in [1.29, 1.82) is 5.26 Å². The van der Waals surface area contributed by atoms with Gasteiger partial charge in [-0.15, -0.1) is 0 Å². The molecule has 1 heterocycles. The van der Waals surface area contributed by atoms with Gasteiger partial charge in [0.25, 0.3) is 0 Å². The molecule has 1 aromatic carbocycles. The van der Waals surface area contributed by atoms with Crippen molar-refractivity contribution in [1.82, 2.24) is 0 Å². The lowest BCUT2D eigenvalue weighted by atomic mass is 10.0. The van der Waals surface area contributed by atoms with Crippen LogP contribution in [-0.2, 0) is 0 Å². The van der Waals surface area contributed by atoms with Gasteiger partial charge in [-0.1, -0.05) is 15.9 Å². The van der Waals surface area contributed by atoms with Gasteiger partial charge >= 0.3 is 0 Å². The Kier molecular flexibility index (Phi) is 2.81. The molecule has 84 valence electrons. The smallest absolute Gasteiger partial charge is 0.122 e. The Morgan fingerprint density at radius 2 is 2.25 bits per heavy atom. The van der Waals surface area contributed by atoms with Crippen LogP contribution in [0.2, 0.25) is 0 Å². The van der Waals surface area contributed by atoms with E-state index in [0.29, 0.717) is 0 Å². The van der Waals surface area contributed by atoms with Gasteiger partial charge in [0.1, 0.15) is 5.54 Å². The number of rotatable bonds is 1. The van der Waals surface area contributed by atoms with Crippen LogP contribution in [0.3, 0.4) is 0 Å². The van der Waals surface area contributed by atoms with Gasteiger partial charge < -0.3 is 10.2 Å². The van der Waals surface area contributed by atoms with Crippen LogP contribution in [0.5, 0.6) is 0 Å². The third-order valence-corrected chi connectivity index (χ3v) is 3.34. The molecular weight excluding hydrogens is 266 g/mol. The maximum atomic E-state index is 9.21. The monoisotopic (exact) mass is 279 g/mol. The number of nitriles is 1. The lowest BCUT2D eigenvalue weighted by Gasteiger charge is -2.39. The molecule has 16 heavy (non-hydrogen) atoms. The first-order valence-electron chi connectivity index (χ1n) is 5.27. The molecule has 1 aromatic rings. The van der Waals surface area contributed by atoms with Crippen molar-refractivity contribution in [2.45, 2.75) is 19.4 Å². The Morgan fingerprint density at radius 1 is 1.50 bits per heavy atom. The maximum Gasteiger partial charge on any atom is 0.122 e. The molecule has 0 fully saturated rings. The molecule has 3 nitrogen and oxygen atoms in total. The molecule has 2 rings (SSSR count). The molecule has 0 radical (unpaired) electrons. The second-order valence-corrected chi connectivity index (χ2v) is 5.33. The molecule has 1 aliphatic heterocycles. The van der Waals surface area contributed by atoms with Crippen LogP contribution in [0.15, 0.2) is 22.7 Å². The average molecular weight is 280 g/mol. The highest BCUT2D eigenvalue weighted by molar-refractivity contribution is 9.10. The molecule has 0 unspecified atom stereocenters. The number of hydrogen-bond donors (Lipinski definition) is 1. The van der Waals surface area contributed by atoms with Crippen molar-refractivity contribution in [3.63, 3.8) is 0 Å². The number of fused-ring (bicyclic) bond motifs is 1. The second-order valence-electron chi connectivity index (χ2n) is 4.41. The SMILES string of the molecule is CC(C)(C#N)N1CCNc2cc(Br)ccc21. The Hall–Kier alpha value is -1.21. The van der Waals surface area contributed by atoms with Crippen LogP contribution in [-0.4, -0.2) is 18.6 Å². The zero-order chi connectivity index (χ0) is 11.8. The summed E-state index contributed by atoms with van der Waals surface area (Å²) in [7, 11) is 0. The number of nitrogens with one attached hydrogen (secondary N) is 1. The Labute approximate surface area is 104 Å². The molecule has 0 spiro atoms. The van der Waals surface area contributed by atoms with Gasteiger partial charge in [0.05, 0.1) is 17.4 Å². The van der Waals surface area contributed by atoms with E-state index in [1.54, 1.807) is 0 Å². The molecular formula is C12H14BrN3. The van der Waals surface area contributed by atoms with E-state index in [9.17, 15) is 5.26 Å². The standard InChI is InChI=1S/C12H14BrN3/c1-12(2,8-14)16-6-5-15-10-7-9(13)3-4-11(10)16/h3-4,7,15H,5-6H2,1-2H3. The molecule has 1 N–H and O–H groups in total. The van der Waals surface area contributed by atoms with Gasteiger partial charge in [-0.2, -0.15) is 5.26 Å². The second kappa shape index (κ2) is 3.99. The largest absolute Gasteiger partial charge is 0.382 e. The van der Waals surface area contributed by atoms with Crippen molar-refractivity contribution >= 4 is 27.3 Å². The van der Waals surface area contributed by atoms with E-state index in [0.717, 1.165) is 28.9 Å². The number of nitrogens with zero attached hydrogens (tertiary/aromatic N) is 2. The lowest BCUT2D eigenvalue weighted by molar-refractivity contribution is 0.572. The van der Waals surface area contributed by atoms with Crippen molar-refractivity contribution < 1.29 is 0 Å². The molecule has 0 bridgehead atoms. The van der Waals surface area contributed by atoms with Crippen molar-refractivity contribution in [2.24, 2.45) is 0 Å². The highest BCUT2D eigenvalue weighted by Crippen LogP contribution is 2.35. The first kappa shape index (κ1) is 11.3. The van der Waals surface area contributed by atoms with Gasteiger partial charge in [0.15, 0.2) is 0 Å². The lowest BCUT2D eigenvalue weighted by Crippen LogP contribution is -2.47. The van der Waals surface area contributed by atoms with Gasteiger partial charge in [0, 0.05) is 17.6 Å². The number of hydrogen-bond acceptors (Lipinski definition) is 3. The van der Waals surface area contributed by atoms with E-state index in [1.807, 2.05) is 26.0 Å². The molecule has 0 saturated carbocycles. The summed E-state index contributed by atoms with van der Waals surface area (Å²) in [5, 5.41) is 12.6. The minimum atomic E-state index is -0.468. The summed E-state index contributed by atoms with van der Waals surface area (Å²) in [4.78, 5) is 2.14. The number of benzene rings is 1. The average Bonchev–Trinajstić information content (AvgIpc) is 2.27. The summed E-state index contributed by atoms with van der Waals surface area (Å²) in [5.74, 6) is 0. The first-order chi connectivity index (χ1) is 7.54. The van der Waals surface area contributed by atoms with E-state index in [4.69, 9.17) is 0 Å². The molecule has 0 aliphatic carbocycles. The summed E-state index contributed by atoms with van der Waals surface area (Å²) in [6.45, 7) is 5.62. The molecule has 0 aromatic heterocycles. The molecule has 0 atom stereocenters. The third kappa shape index (κ3) is 1.88. The summed E-state index contributed by atoms with van der Waals surface area (Å²) >= 11 is 3.45. The molecule has 1 aliphatic rings. The quantitative estimate of drug-likeness (QED) is 0.859. The van der Waals surface area contributed by atoms with Gasteiger partial charge in [0.2, 0.25) is 0 Å². The predicted molar refractivity (Wildman–Crippen MR) is 69.7 cm³/mol. The number of anilines is 2. The van der Waals surface area contributed by atoms with Crippen LogP contribution in [0.25, 0.3) is 0 Å². The summed E-state index contributed by atoms with van der Waals surface area (Å²) in [6, 6.07) is 8.46. The van der Waals surface area contributed by atoms with Crippen molar-refractivity contribution in [3.8, 4) is 6.07 Å². The van der Waals surface area contributed by atoms with Crippen LogP contribution in [0.1, 0.15) is 13.8 Å². The summed E-state index contributed by atoms with van der Waals surface area (Å²) < 4.78 is 1.05. The Bertz CT molecular complexity index is 448. The summed E-state index contributed by atoms with van der Waals surface area (Å²) in [5.41, 5.74) is 1.72. The highest BCUT2D eigenvalue weighted by Gasteiger charge is 2.30. The maximum absolute atomic E-state index is 9.21. The van der Waals surface area contributed by atoms with Crippen LogP contribution < -0.4 is 10.2 Å². The van der Waals surface area contributed by atoms with E-state index < -0.39 is 5.54 Å². The minimum absolute atomic E-state index is 0.468. The first-order valence-corrected chi connectivity index (χ1v) is 6.06. The molecule has 0 amide bonds. The van der Waals surface area contributed by atoms with Crippen molar-refractivity contribution in [2.75, 3.05) is 23.3 Å². The van der Waals surface area contributed by atoms with E-state index in [1.165, 1.54) is 0 Å². The minimum Gasteiger partial charge on any atom is -0.382 e. The third-order valence-electron chi connectivity index (χ3n) is 2.85. The van der Waals surface area contributed by atoms with E-state index >= 15 is 0 Å². The van der Waals surface area contributed by atoms with Gasteiger partial charge in [-0.05, 0) is 32.0 Å². The van der Waals surface area contributed by atoms with Crippen LogP contribution in [0.4, 0.5) is 11.4 Å². The van der Waals surface area contributed by atoms with Crippen LogP contribution in [0, 0.1) is 11.3 Å². The highest BCUT2D eigenvalue weighted by atomic mass is 79.9. The molecule has 4 heteroatoms. The topological polar surface area (TPSA) is 39.1 Å². The fourth-order valence-corrected chi connectivity index (χ4v) is 2.31. The normalized spacial score (nSPS) is 15.0. The van der Waals surface area contributed by atoms with E-state index in [-0.39, 0.29) is 0 Å². The van der Waals surface area contributed by atoms with Crippen molar-refractivity contribution in [3.05, 3.63) is 22.7 Å². The van der Waals surface area contributed by atoms with E-state index in [2.05, 4.69) is 38.3 Å². The molecule has 0 saturated heterocycles. The Balaban J connectivity index is 2.45. The van der Waals surface area contributed by atoms with Gasteiger partial charge in [-0.25, -0.2) is 0 Å². The zero-order valence-electron chi connectivity index (χ0n) is 9.42. The number of halogens is 1. The van der Waals surface area contributed by atoms with Gasteiger partial charge in [-0.3, -0.25) is 0 Å². The summed E-state index contributed by atoms with van der Waals surface area (Å²) in [6.07, 6.45) is 0. The zero-order valence-corrected chi connectivity index (χ0v) is 11.0. The van der Waals surface area contributed by atoms with Crippen LogP contribution >= 0.6 is 15.9 Å². The fraction of sp³-hybridized carbons (Fsp3) is 0.417. The fourth-order valence-electron chi connectivity index (χ4n) is 1.95. The Morgan fingerprint density at radius 3 is 2.94 bits per heavy atom.